The van der Waals surface area contributed by atoms with Crippen molar-refractivity contribution in [2.45, 2.75) is 20.8 Å². The number of aliphatic hydroxyl groups is 1. The van der Waals surface area contributed by atoms with Crippen molar-refractivity contribution in [3.63, 3.8) is 0 Å². The summed E-state index contributed by atoms with van der Waals surface area (Å²) in [7, 11) is 0. The Morgan fingerprint density at radius 1 is 1.45 bits per heavy atom. The van der Waals surface area contributed by atoms with Crippen molar-refractivity contribution >= 4 is 6.72 Å². The Hall–Kier alpha value is -0.890. The molecule has 0 heterocycles. The molecule has 0 aromatic heterocycles. The van der Waals surface area contributed by atoms with Gasteiger partial charge in [0.1, 0.15) is 0 Å². The van der Waals surface area contributed by atoms with E-state index in [9.17, 15) is 0 Å². The molecule has 0 amide bonds. The average Bonchev–Trinajstić information content (AvgIpc) is 1.89. The number of rotatable bonds is 2. The molecule has 0 fully saturated rings. The van der Waals surface area contributed by atoms with Crippen LogP contribution in [0.15, 0.2) is 28.9 Å². The van der Waals surface area contributed by atoms with E-state index in [-0.39, 0.29) is 6.61 Å². The maximum atomic E-state index is 8.04. The van der Waals surface area contributed by atoms with E-state index in [2.05, 4.69) is 18.3 Å². The van der Waals surface area contributed by atoms with Gasteiger partial charge in [0.2, 0.25) is 0 Å². The third-order valence-electron chi connectivity index (χ3n) is 0.619. The highest BCUT2D eigenvalue weighted by molar-refractivity contribution is 5.26. The molecule has 0 saturated carbocycles. The summed E-state index contributed by atoms with van der Waals surface area (Å²) >= 11 is 0. The molecule has 0 atom stereocenters. The van der Waals surface area contributed by atoms with Gasteiger partial charge < -0.3 is 5.11 Å². The Kier molecular flexibility index (Phi) is 10.6. The smallest absolute Gasteiger partial charge is 0.0636 e. The van der Waals surface area contributed by atoms with E-state index in [1.165, 1.54) is 5.57 Å². The van der Waals surface area contributed by atoms with Crippen LogP contribution in [-0.4, -0.2) is 18.4 Å². The van der Waals surface area contributed by atoms with Crippen LogP contribution in [0.1, 0.15) is 20.8 Å². The van der Waals surface area contributed by atoms with Crippen LogP contribution in [-0.2, 0) is 0 Å². The van der Waals surface area contributed by atoms with Gasteiger partial charge in [-0.15, -0.1) is 0 Å². The zero-order valence-electron chi connectivity index (χ0n) is 7.59. The van der Waals surface area contributed by atoms with Crippen molar-refractivity contribution in [3.05, 3.63) is 23.9 Å². The van der Waals surface area contributed by atoms with E-state index < -0.39 is 0 Å². The molecule has 0 aliphatic carbocycles. The van der Waals surface area contributed by atoms with Crippen LogP contribution in [0.2, 0.25) is 0 Å². The molecule has 0 aliphatic rings. The molecule has 11 heavy (non-hydrogen) atoms. The summed E-state index contributed by atoms with van der Waals surface area (Å²) in [5.41, 5.74) is 2.00. The predicted octanol–water partition coefficient (Wildman–Crippen LogP) is 2.17. The Morgan fingerprint density at radius 2 is 1.82 bits per heavy atom. The average molecular weight is 155 g/mol. The zero-order valence-corrected chi connectivity index (χ0v) is 7.59. The van der Waals surface area contributed by atoms with E-state index in [1.54, 1.807) is 13.1 Å². The molecule has 0 aromatic carbocycles. The van der Waals surface area contributed by atoms with Crippen LogP contribution in [0, 0.1) is 0 Å². The lowest BCUT2D eigenvalue weighted by atomic mass is 10.4. The summed E-state index contributed by atoms with van der Waals surface area (Å²) in [6, 6.07) is 0. The summed E-state index contributed by atoms with van der Waals surface area (Å²) in [5, 5.41) is 8.04. The van der Waals surface area contributed by atoms with Gasteiger partial charge in [-0.2, -0.15) is 0 Å². The van der Waals surface area contributed by atoms with Crippen molar-refractivity contribution in [2.75, 3.05) is 6.61 Å². The van der Waals surface area contributed by atoms with E-state index in [4.69, 9.17) is 5.11 Å². The SMILES string of the molecule is C=C(C)CO.C=NC=C(C)C. The van der Waals surface area contributed by atoms with Gasteiger partial charge >= 0.3 is 0 Å². The Morgan fingerprint density at radius 3 is 1.82 bits per heavy atom. The summed E-state index contributed by atoms with van der Waals surface area (Å²) in [6.07, 6.45) is 1.72. The monoisotopic (exact) mass is 155 g/mol. The van der Waals surface area contributed by atoms with Crippen LogP contribution in [0.5, 0.6) is 0 Å². The second-order valence-electron chi connectivity index (χ2n) is 2.50. The van der Waals surface area contributed by atoms with Crippen LogP contribution < -0.4 is 0 Å². The van der Waals surface area contributed by atoms with Gasteiger partial charge in [-0.05, 0) is 27.5 Å². The van der Waals surface area contributed by atoms with E-state index in [0.717, 1.165) is 5.57 Å². The molecule has 64 valence electrons. The highest BCUT2D eigenvalue weighted by Gasteiger charge is 1.69. The van der Waals surface area contributed by atoms with Gasteiger partial charge in [-0.25, -0.2) is 0 Å². The fourth-order valence-electron chi connectivity index (χ4n) is 0.183. The zero-order chi connectivity index (χ0) is 9.28. The number of nitrogens with zero attached hydrogens (tertiary/aromatic N) is 1. The molecular formula is C9H17NO. The minimum absolute atomic E-state index is 0.111. The summed E-state index contributed by atoms with van der Waals surface area (Å²) < 4.78 is 0. The molecule has 0 bridgehead atoms. The van der Waals surface area contributed by atoms with E-state index >= 15 is 0 Å². The van der Waals surface area contributed by atoms with Gasteiger partial charge in [-0.1, -0.05) is 17.7 Å². The van der Waals surface area contributed by atoms with Gasteiger partial charge in [0.25, 0.3) is 0 Å². The van der Waals surface area contributed by atoms with Crippen molar-refractivity contribution in [2.24, 2.45) is 4.99 Å². The van der Waals surface area contributed by atoms with Gasteiger partial charge in [0.15, 0.2) is 0 Å². The lowest BCUT2D eigenvalue weighted by Gasteiger charge is -1.79. The van der Waals surface area contributed by atoms with E-state index in [0.29, 0.717) is 0 Å². The van der Waals surface area contributed by atoms with Gasteiger partial charge in [0, 0.05) is 6.20 Å². The number of allylic oxidation sites excluding steroid dienone is 1. The lowest BCUT2D eigenvalue weighted by molar-refractivity contribution is 0.332. The highest BCUT2D eigenvalue weighted by atomic mass is 16.3. The topological polar surface area (TPSA) is 32.6 Å². The molecule has 2 heteroatoms. The standard InChI is InChI=1S/C5H9N.C4H8O/c1-5(2)4-6-3;1-4(2)3-5/h4H,3H2,1-2H3;5H,1,3H2,2H3. The molecule has 0 aromatic rings. The van der Waals surface area contributed by atoms with E-state index in [1.807, 2.05) is 13.8 Å². The third-order valence-corrected chi connectivity index (χ3v) is 0.619. The molecule has 0 saturated heterocycles. The summed E-state index contributed by atoms with van der Waals surface area (Å²) in [6.45, 7) is 12.5. The predicted molar refractivity (Wildman–Crippen MR) is 50.9 cm³/mol. The van der Waals surface area contributed by atoms with Crippen molar-refractivity contribution in [3.8, 4) is 0 Å². The van der Waals surface area contributed by atoms with Crippen LogP contribution in [0.4, 0.5) is 0 Å². The van der Waals surface area contributed by atoms with Crippen molar-refractivity contribution in [1.82, 2.24) is 0 Å². The molecule has 0 unspecified atom stereocenters. The first-order valence-electron chi connectivity index (χ1n) is 3.39. The molecule has 0 radical (unpaired) electrons. The van der Waals surface area contributed by atoms with Crippen LogP contribution in [0.3, 0.4) is 0 Å². The largest absolute Gasteiger partial charge is 0.392 e. The van der Waals surface area contributed by atoms with Crippen LogP contribution >= 0.6 is 0 Å². The molecular weight excluding hydrogens is 138 g/mol. The molecule has 0 spiro atoms. The minimum atomic E-state index is 0.111. The van der Waals surface area contributed by atoms with Crippen LogP contribution in [0.25, 0.3) is 0 Å². The molecule has 1 N–H and O–H groups in total. The fraction of sp³-hybridized carbons (Fsp3) is 0.444. The third kappa shape index (κ3) is 27.3. The Balaban J connectivity index is 0. The second-order valence-corrected chi connectivity index (χ2v) is 2.50. The first-order chi connectivity index (χ1) is 5.04. The fourth-order valence-corrected chi connectivity index (χ4v) is 0.183. The second kappa shape index (κ2) is 9.11. The van der Waals surface area contributed by atoms with Crippen molar-refractivity contribution < 1.29 is 5.11 Å². The molecule has 2 nitrogen and oxygen atoms in total. The molecule has 0 rings (SSSR count). The lowest BCUT2D eigenvalue weighted by Crippen LogP contribution is -1.76. The number of hydrogen-bond acceptors (Lipinski definition) is 2. The molecule has 0 aliphatic heterocycles. The highest BCUT2D eigenvalue weighted by Crippen LogP contribution is 1.84. The van der Waals surface area contributed by atoms with Gasteiger partial charge in [0.05, 0.1) is 6.61 Å². The number of aliphatic imine (C=N–C) groups is 1. The quantitative estimate of drug-likeness (QED) is 0.481. The summed E-state index contributed by atoms with van der Waals surface area (Å²) in [4.78, 5) is 3.52. The van der Waals surface area contributed by atoms with Crippen molar-refractivity contribution in [1.29, 1.82) is 0 Å². The number of hydrogen-bond donors (Lipinski definition) is 1. The first-order valence-corrected chi connectivity index (χ1v) is 3.39. The summed E-state index contributed by atoms with van der Waals surface area (Å²) in [5.74, 6) is 0. The minimum Gasteiger partial charge on any atom is -0.392 e. The maximum absolute atomic E-state index is 8.04. The maximum Gasteiger partial charge on any atom is 0.0636 e. The normalized spacial score (nSPS) is 7.27. The van der Waals surface area contributed by atoms with Gasteiger partial charge in [-0.3, -0.25) is 4.99 Å². The Bertz CT molecular complexity index is 144. The number of aliphatic hydroxyl groups excluding tert-OH is 1. The first kappa shape index (κ1) is 12.8. The Labute approximate surface area is 69.0 Å².